The van der Waals surface area contributed by atoms with E-state index in [0.29, 0.717) is 18.2 Å². The van der Waals surface area contributed by atoms with Crippen LogP contribution in [-0.4, -0.2) is 16.6 Å². The van der Waals surface area contributed by atoms with Crippen molar-refractivity contribution in [2.24, 2.45) is 5.84 Å². The Labute approximate surface area is 126 Å². The fraction of sp³-hybridized carbons (Fsp3) is 0.286. The third-order valence-electron chi connectivity index (χ3n) is 3.53. The van der Waals surface area contributed by atoms with E-state index in [-0.39, 0.29) is 6.10 Å². The third-order valence-corrected chi connectivity index (χ3v) is 4.50. The minimum atomic E-state index is -0.317. The van der Waals surface area contributed by atoms with Crippen LogP contribution in [0, 0.1) is 0 Å². The molecule has 1 aromatic heterocycles. The summed E-state index contributed by atoms with van der Waals surface area (Å²) >= 11 is 1.81. The molecule has 4 rings (SSSR count). The molecule has 7 heteroatoms. The van der Waals surface area contributed by atoms with E-state index in [1.54, 1.807) is 11.8 Å². The molecule has 0 radical (unpaired) electrons. The monoisotopic (exact) mass is 302 g/mol. The molecule has 1 atom stereocenters. The predicted molar refractivity (Wildman–Crippen MR) is 80.1 cm³/mol. The van der Waals surface area contributed by atoms with Gasteiger partial charge in [0, 0.05) is 17.1 Å². The quantitative estimate of drug-likeness (QED) is 0.648. The van der Waals surface area contributed by atoms with Gasteiger partial charge in [-0.1, -0.05) is 12.1 Å². The topological polar surface area (TPSA) is 82.3 Å². The molecule has 6 nitrogen and oxygen atoms in total. The zero-order valence-electron chi connectivity index (χ0n) is 11.2. The fourth-order valence-corrected chi connectivity index (χ4v) is 3.52. The molecule has 0 bridgehead atoms. The smallest absolute Gasteiger partial charge is 0.192 e. The highest BCUT2D eigenvalue weighted by Gasteiger charge is 2.28. The Bertz CT molecular complexity index is 695. The van der Waals surface area contributed by atoms with Crippen molar-refractivity contribution in [3.8, 4) is 11.5 Å². The van der Waals surface area contributed by atoms with Crippen molar-refractivity contribution in [3.63, 3.8) is 0 Å². The van der Waals surface area contributed by atoms with Crippen molar-refractivity contribution in [1.82, 2.24) is 9.97 Å². The number of aromatic nitrogens is 2. The molecule has 1 unspecified atom stereocenters. The highest BCUT2D eigenvalue weighted by molar-refractivity contribution is 7.98. The molecule has 0 saturated heterocycles. The number of anilines is 1. The van der Waals surface area contributed by atoms with Crippen LogP contribution < -0.4 is 20.7 Å². The second-order valence-corrected chi connectivity index (χ2v) is 5.84. The first-order valence-electron chi connectivity index (χ1n) is 6.67. The number of thioether (sulfide) groups is 1. The number of nitrogens with one attached hydrogen (secondary N) is 1. The second-order valence-electron chi connectivity index (χ2n) is 4.86. The minimum Gasteiger partial charge on any atom is -0.485 e. The van der Waals surface area contributed by atoms with E-state index in [1.165, 1.54) is 0 Å². The van der Waals surface area contributed by atoms with Crippen LogP contribution in [0.15, 0.2) is 24.3 Å². The van der Waals surface area contributed by atoms with Crippen molar-refractivity contribution < 1.29 is 9.47 Å². The van der Waals surface area contributed by atoms with Gasteiger partial charge in [-0.15, -0.1) is 0 Å². The van der Waals surface area contributed by atoms with Gasteiger partial charge in [-0.2, -0.15) is 11.8 Å². The molecule has 2 aromatic rings. The number of fused-ring (bicyclic) bond motifs is 2. The van der Waals surface area contributed by atoms with Crippen molar-refractivity contribution in [1.29, 1.82) is 0 Å². The first kappa shape index (κ1) is 12.7. The first-order valence-corrected chi connectivity index (χ1v) is 7.83. The number of benzene rings is 1. The summed E-state index contributed by atoms with van der Waals surface area (Å²) in [5.74, 6) is 10.1. The van der Waals surface area contributed by atoms with Crippen LogP contribution >= 0.6 is 11.8 Å². The Balaban J connectivity index is 1.69. The maximum absolute atomic E-state index is 5.95. The number of hydrazine groups is 1. The second kappa shape index (κ2) is 5.09. The largest absolute Gasteiger partial charge is 0.485 e. The van der Waals surface area contributed by atoms with Crippen molar-refractivity contribution in [2.75, 3.05) is 12.0 Å². The van der Waals surface area contributed by atoms with Gasteiger partial charge in [0.05, 0.1) is 5.69 Å². The van der Waals surface area contributed by atoms with E-state index < -0.39 is 0 Å². The van der Waals surface area contributed by atoms with E-state index in [2.05, 4.69) is 15.4 Å². The van der Waals surface area contributed by atoms with Crippen LogP contribution in [0.25, 0.3) is 0 Å². The molecular weight excluding hydrogens is 288 g/mol. The number of nitrogens with two attached hydrogens (primary N) is 1. The summed E-state index contributed by atoms with van der Waals surface area (Å²) in [7, 11) is 0. The maximum atomic E-state index is 5.95. The molecular formula is C14H14N4O2S. The summed E-state index contributed by atoms with van der Waals surface area (Å²) in [6.45, 7) is 0.396. The summed E-state index contributed by atoms with van der Waals surface area (Å²) in [4.78, 5) is 9.12. The molecule has 3 heterocycles. The highest BCUT2D eigenvalue weighted by Crippen LogP contribution is 2.37. The SMILES string of the molecule is NNc1nc(C2COc3ccccc3O2)nc2c1CSC2. The standard InChI is InChI=1S/C14H14N4O2S/c15-18-13-8-6-21-7-9(8)16-14(17-13)12-5-19-10-3-1-2-4-11(10)20-12/h1-4,12H,5-7,15H2,(H,16,17,18). The van der Waals surface area contributed by atoms with Gasteiger partial charge in [-0.05, 0) is 12.1 Å². The molecule has 0 aliphatic carbocycles. The Morgan fingerprint density at radius 1 is 1.19 bits per heavy atom. The van der Waals surface area contributed by atoms with Crippen LogP contribution in [-0.2, 0) is 11.5 Å². The molecule has 108 valence electrons. The molecule has 0 amide bonds. The minimum absolute atomic E-state index is 0.317. The van der Waals surface area contributed by atoms with Gasteiger partial charge in [-0.25, -0.2) is 15.8 Å². The molecule has 21 heavy (non-hydrogen) atoms. The number of ether oxygens (including phenoxy) is 2. The van der Waals surface area contributed by atoms with Crippen molar-refractivity contribution >= 4 is 17.6 Å². The van der Waals surface area contributed by atoms with Gasteiger partial charge in [0.15, 0.2) is 23.4 Å². The van der Waals surface area contributed by atoms with Gasteiger partial charge in [0.2, 0.25) is 0 Å². The fourth-order valence-electron chi connectivity index (χ4n) is 2.48. The summed E-state index contributed by atoms with van der Waals surface area (Å²) in [6.07, 6.45) is -0.317. The summed E-state index contributed by atoms with van der Waals surface area (Å²) in [5.41, 5.74) is 4.78. The lowest BCUT2D eigenvalue weighted by Crippen LogP contribution is -2.25. The Morgan fingerprint density at radius 3 is 2.90 bits per heavy atom. The molecule has 2 aliphatic rings. The Kier molecular flexibility index (Phi) is 3.08. The van der Waals surface area contributed by atoms with E-state index in [0.717, 1.165) is 34.3 Å². The number of hydrogen-bond donors (Lipinski definition) is 2. The summed E-state index contributed by atoms with van der Waals surface area (Å²) in [5, 5.41) is 0. The van der Waals surface area contributed by atoms with Gasteiger partial charge in [-0.3, -0.25) is 0 Å². The van der Waals surface area contributed by atoms with Crippen LogP contribution in [0.1, 0.15) is 23.2 Å². The Hall–Kier alpha value is -1.99. The first-order chi connectivity index (χ1) is 10.3. The molecule has 0 fully saturated rings. The number of para-hydroxylation sites is 2. The summed E-state index contributed by atoms with van der Waals surface area (Å²) < 4.78 is 11.7. The van der Waals surface area contributed by atoms with Crippen LogP contribution in [0.2, 0.25) is 0 Å². The number of rotatable bonds is 2. The molecule has 0 spiro atoms. The zero-order chi connectivity index (χ0) is 14.2. The number of nitrogens with zero attached hydrogens (tertiary/aromatic N) is 2. The van der Waals surface area contributed by atoms with Gasteiger partial charge < -0.3 is 14.9 Å². The maximum Gasteiger partial charge on any atom is 0.192 e. The van der Waals surface area contributed by atoms with E-state index in [9.17, 15) is 0 Å². The van der Waals surface area contributed by atoms with Gasteiger partial charge >= 0.3 is 0 Å². The Morgan fingerprint density at radius 2 is 2.05 bits per heavy atom. The molecule has 0 saturated carbocycles. The lowest BCUT2D eigenvalue weighted by Gasteiger charge is -2.26. The highest BCUT2D eigenvalue weighted by atomic mass is 32.2. The average Bonchev–Trinajstić information content (AvgIpc) is 3.02. The van der Waals surface area contributed by atoms with Crippen LogP contribution in [0.5, 0.6) is 11.5 Å². The molecule has 1 aromatic carbocycles. The van der Waals surface area contributed by atoms with Gasteiger partial charge in [0.1, 0.15) is 12.4 Å². The van der Waals surface area contributed by atoms with Gasteiger partial charge in [0.25, 0.3) is 0 Å². The lowest BCUT2D eigenvalue weighted by molar-refractivity contribution is 0.0850. The summed E-state index contributed by atoms with van der Waals surface area (Å²) in [6, 6.07) is 7.60. The predicted octanol–water partition coefficient (Wildman–Crippen LogP) is 2.02. The molecule has 2 aliphatic heterocycles. The van der Waals surface area contributed by atoms with Crippen molar-refractivity contribution in [3.05, 3.63) is 41.3 Å². The zero-order valence-corrected chi connectivity index (χ0v) is 12.0. The number of nitrogen functional groups attached to an aromatic ring is 1. The normalized spacial score (nSPS) is 19.2. The van der Waals surface area contributed by atoms with Crippen molar-refractivity contribution in [2.45, 2.75) is 17.6 Å². The van der Waals surface area contributed by atoms with E-state index >= 15 is 0 Å². The third kappa shape index (κ3) is 2.18. The lowest BCUT2D eigenvalue weighted by atomic mass is 10.2. The number of hydrogen-bond acceptors (Lipinski definition) is 7. The van der Waals surface area contributed by atoms with Crippen LogP contribution in [0.3, 0.4) is 0 Å². The van der Waals surface area contributed by atoms with E-state index in [1.807, 2.05) is 24.3 Å². The molecule has 3 N–H and O–H groups in total. The van der Waals surface area contributed by atoms with Crippen LogP contribution in [0.4, 0.5) is 5.82 Å². The van der Waals surface area contributed by atoms with E-state index in [4.69, 9.17) is 15.3 Å². The average molecular weight is 302 g/mol.